The number of hydrogen-bond acceptors (Lipinski definition) is 11. The number of ether oxygens (including phenoxy) is 4. The van der Waals surface area contributed by atoms with Crippen LogP contribution in [0.3, 0.4) is 0 Å². The van der Waals surface area contributed by atoms with Crippen molar-refractivity contribution in [3.05, 3.63) is 82.9 Å². The summed E-state index contributed by atoms with van der Waals surface area (Å²) in [5, 5.41) is 5.30. The second-order valence-corrected chi connectivity index (χ2v) is 14.8. The van der Waals surface area contributed by atoms with Crippen molar-refractivity contribution in [3.63, 3.8) is 0 Å². The number of piperidine rings is 1. The Kier molecular flexibility index (Phi) is 13.6. The molecule has 3 aliphatic heterocycles. The molecule has 0 radical (unpaired) electrons. The lowest BCUT2D eigenvalue weighted by molar-refractivity contribution is -0.138. The molecule has 1 atom stereocenters. The van der Waals surface area contributed by atoms with E-state index in [0.717, 1.165) is 22.3 Å². The molecular weight excluding hydrogens is 791 g/mol. The summed E-state index contributed by atoms with van der Waals surface area (Å²) in [6.07, 6.45) is -3.08. The van der Waals surface area contributed by atoms with Crippen LogP contribution in [0, 0.1) is 6.92 Å². The molecule has 3 aromatic rings. The largest absolute Gasteiger partial charge is 0.494 e. The topological polar surface area (TPSA) is 173 Å². The highest BCUT2D eigenvalue weighted by Crippen LogP contribution is 2.40. The minimum atomic E-state index is -4.64. The van der Waals surface area contributed by atoms with Crippen molar-refractivity contribution >= 4 is 52.6 Å². The number of aryl methyl sites for hydroxylation is 1. The average molecular weight is 838 g/mol. The van der Waals surface area contributed by atoms with E-state index in [0.29, 0.717) is 76.3 Å². The number of benzene rings is 3. The van der Waals surface area contributed by atoms with E-state index in [1.807, 2.05) is 0 Å². The van der Waals surface area contributed by atoms with E-state index in [-0.39, 0.29) is 35.2 Å². The van der Waals surface area contributed by atoms with Crippen LogP contribution in [0.2, 0.25) is 0 Å². The zero-order chi connectivity index (χ0) is 43.2. The number of imide groups is 3. The SMILES string of the molecule is Cc1ccc(N2C(=O)N(c3ccc(OCCCCOCCOCCOCCNc4cccc5c4C(=O)N(C4CCC(=O)NC4=O)C5=O)cc3)C(C)(C)C2=O)cc1C(F)(F)F. The lowest BCUT2D eigenvalue weighted by Gasteiger charge is -2.27. The molecule has 6 rings (SSSR count). The number of carbonyl (C=O) groups is 6. The van der Waals surface area contributed by atoms with Gasteiger partial charge in [-0.2, -0.15) is 13.2 Å². The Morgan fingerprint density at radius 3 is 2.13 bits per heavy atom. The van der Waals surface area contributed by atoms with Crippen molar-refractivity contribution < 1.29 is 60.9 Å². The van der Waals surface area contributed by atoms with Crippen molar-refractivity contribution in [2.24, 2.45) is 0 Å². The molecule has 0 aliphatic carbocycles. The highest BCUT2D eigenvalue weighted by Gasteiger charge is 2.53. The summed E-state index contributed by atoms with van der Waals surface area (Å²) >= 11 is 0. The van der Waals surface area contributed by atoms with Gasteiger partial charge >= 0.3 is 12.2 Å². The molecular formula is C42H46F3N5O10. The predicted molar refractivity (Wildman–Crippen MR) is 211 cm³/mol. The molecule has 3 heterocycles. The number of anilines is 3. The van der Waals surface area contributed by atoms with Gasteiger partial charge in [-0.3, -0.25) is 39.1 Å². The molecule has 1 unspecified atom stereocenters. The van der Waals surface area contributed by atoms with E-state index in [1.54, 1.807) is 50.2 Å². The van der Waals surface area contributed by atoms with Crippen molar-refractivity contribution in [2.45, 2.75) is 64.2 Å². The van der Waals surface area contributed by atoms with Crippen LogP contribution in [0.5, 0.6) is 5.75 Å². The fourth-order valence-corrected chi connectivity index (χ4v) is 7.16. The highest BCUT2D eigenvalue weighted by molar-refractivity contribution is 6.30. The first-order chi connectivity index (χ1) is 28.6. The zero-order valence-electron chi connectivity index (χ0n) is 33.4. The molecule has 2 saturated heterocycles. The van der Waals surface area contributed by atoms with Crippen LogP contribution in [0.1, 0.15) is 71.4 Å². The summed E-state index contributed by atoms with van der Waals surface area (Å²) in [5.41, 5.74) is -1.22. The maximum absolute atomic E-state index is 13.6. The van der Waals surface area contributed by atoms with Crippen LogP contribution >= 0.6 is 0 Å². The minimum Gasteiger partial charge on any atom is -0.494 e. The van der Waals surface area contributed by atoms with Crippen LogP contribution in [-0.4, -0.2) is 105 Å². The Hall–Kier alpha value is -5.85. The quantitative estimate of drug-likeness (QED) is 0.0889. The lowest BCUT2D eigenvalue weighted by Crippen LogP contribution is -2.54. The molecule has 2 fully saturated rings. The smallest absolute Gasteiger partial charge is 0.416 e. The van der Waals surface area contributed by atoms with Gasteiger partial charge < -0.3 is 24.3 Å². The van der Waals surface area contributed by atoms with Crippen LogP contribution in [0.4, 0.5) is 35.0 Å². The van der Waals surface area contributed by atoms with E-state index >= 15 is 0 Å². The number of alkyl halides is 3. The summed E-state index contributed by atoms with van der Waals surface area (Å²) in [7, 11) is 0. The fraction of sp³-hybridized carbons (Fsp3) is 0.429. The third-order valence-corrected chi connectivity index (χ3v) is 10.3. The Balaban J connectivity index is 0.818. The van der Waals surface area contributed by atoms with Gasteiger partial charge in [0.05, 0.1) is 62.0 Å². The standard InChI is InChI=1S/C42H46F3N5O10/c1-26-9-10-28(25-31(26)42(43,44)45)48-39(55)41(2,3)50(40(48)56)27-11-13-29(14-12-27)60-19-5-4-18-57-21-23-59-24-22-58-20-17-46-32-8-6-7-30-35(32)38(54)49(37(30)53)33-15-16-34(51)47-36(33)52/h6-14,25,33,46H,4-5,15-24H2,1-3H3,(H,47,51,52). The van der Waals surface area contributed by atoms with Gasteiger partial charge in [-0.25, -0.2) is 9.69 Å². The van der Waals surface area contributed by atoms with Crippen LogP contribution in [0.25, 0.3) is 0 Å². The summed E-state index contributed by atoms with van der Waals surface area (Å²) < 4.78 is 63.3. The third-order valence-electron chi connectivity index (χ3n) is 10.3. The molecule has 3 aromatic carbocycles. The minimum absolute atomic E-state index is 0.0152. The van der Waals surface area contributed by atoms with Gasteiger partial charge in [-0.05, 0) is 94.1 Å². The first-order valence-corrected chi connectivity index (χ1v) is 19.5. The van der Waals surface area contributed by atoms with Gasteiger partial charge in [0.1, 0.15) is 17.3 Å². The Morgan fingerprint density at radius 2 is 1.45 bits per heavy atom. The molecule has 60 heavy (non-hydrogen) atoms. The van der Waals surface area contributed by atoms with Crippen LogP contribution in [-0.2, 0) is 34.8 Å². The molecule has 18 heteroatoms. The number of halogens is 3. The number of urea groups is 1. The highest BCUT2D eigenvalue weighted by atomic mass is 19.4. The van der Waals surface area contributed by atoms with Crippen molar-refractivity contribution in [3.8, 4) is 5.75 Å². The average Bonchev–Trinajstić information content (AvgIpc) is 3.56. The summed E-state index contributed by atoms with van der Waals surface area (Å²) in [4.78, 5) is 79.8. The molecule has 320 valence electrons. The molecule has 0 spiro atoms. The van der Waals surface area contributed by atoms with E-state index < -0.39 is 58.9 Å². The number of carbonyl (C=O) groups excluding carboxylic acids is 6. The molecule has 0 bridgehead atoms. The van der Waals surface area contributed by atoms with Gasteiger partial charge in [0.15, 0.2) is 0 Å². The second-order valence-electron chi connectivity index (χ2n) is 14.8. The van der Waals surface area contributed by atoms with E-state index in [2.05, 4.69) is 10.6 Å². The molecule has 7 amide bonds. The second kappa shape index (κ2) is 18.6. The van der Waals surface area contributed by atoms with E-state index in [1.165, 1.54) is 30.0 Å². The first kappa shape index (κ1) is 43.7. The van der Waals surface area contributed by atoms with E-state index in [9.17, 15) is 41.9 Å². The fourth-order valence-electron chi connectivity index (χ4n) is 7.16. The van der Waals surface area contributed by atoms with Crippen LogP contribution < -0.4 is 25.2 Å². The Morgan fingerprint density at radius 1 is 0.800 bits per heavy atom. The van der Waals surface area contributed by atoms with Crippen molar-refractivity contribution in [1.29, 1.82) is 0 Å². The van der Waals surface area contributed by atoms with Crippen molar-refractivity contribution in [2.75, 3.05) is 67.9 Å². The molecule has 15 nitrogen and oxygen atoms in total. The monoisotopic (exact) mass is 837 g/mol. The lowest BCUT2D eigenvalue weighted by atomic mass is 10.0. The van der Waals surface area contributed by atoms with Gasteiger partial charge in [0.25, 0.3) is 17.7 Å². The summed E-state index contributed by atoms with van der Waals surface area (Å²) in [5.74, 6) is -2.36. The van der Waals surface area contributed by atoms with Gasteiger partial charge in [-0.1, -0.05) is 12.1 Å². The molecule has 2 N–H and O–H groups in total. The number of amides is 7. The number of nitrogens with zero attached hydrogens (tertiary/aromatic N) is 3. The summed E-state index contributed by atoms with van der Waals surface area (Å²) in [6, 6.07) is 13.0. The predicted octanol–water partition coefficient (Wildman–Crippen LogP) is 5.49. The Bertz CT molecular complexity index is 2130. The van der Waals surface area contributed by atoms with Gasteiger partial charge in [0.2, 0.25) is 11.8 Å². The number of unbranched alkanes of at least 4 members (excludes halogenated alkanes) is 1. The number of fused-ring (bicyclic) bond motifs is 1. The number of rotatable bonds is 19. The normalized spacial score (nSPS) is 17.8. The molecule has 0 aromatic heterocycles. The number of hydrogen-bond donors (Lipinski definition) is 2. The first-order valence-electron chi connectivity index (χ1n) is 19.5. The summed E-state index contributed by atoms with van der Waals surface area (Å²) in [6.45, 7) is 7.40. The molecule has 3 aliphatic rings. The van der Waals surface area contributed by atoms with Gasteiger partial charge in [-0.15, -0.1) is 0 Å². The van der Waals surface area contributed by atoms with Crippen molar-refractivity contribution in [1.82, 2.24) is 10.2 Å². The Labute approximate surface area is 344 Å². The number of nitrogens with one attached hydrogen (secondary N) is 2. The van der Waals surface area contributed by atoms with Gasteiger partial charge in [0, 0.05) is 30.9 Å². The maximum Gasteiger partial charge on any atom is 0.416 e. The third kappa shape index (κ3) is 9.45. The maximum atomic E-state index is 13.6. The van der Waals surface area contributed by atoms with Crippen LogP contribution in [0.15, 0.2) is 60.7 Å². The molecule has 0 saturated carbocycles. The zero-order valence-corrected chi connectivity index (χ0v) is 33.4. The van der Waals surface area contributed by atoms with E-state index in [4.69, 9.17) is 18.9 Å².